The SMILES string of the molecule is c1ccc(-c2cccc(-c3ccc4c(c3)sc3cccc(-n5c6ccccc6c6ccc(-n7c8ccccc8c8cc(-n9c%10ccccc%10c%10ccccc%109)ccc87)cc65)c34)c2)cc1. The topological polar surface area (TPSA) is 14.8 Å². The fraction of sp³-hybridized carbons (Fsp3) is 0. The summed E-state index contributed by atoms with van der Waals surface area (Å²) in [6, 6.07) is 82.7. The molecule has 4 heteroatoms. The second-order valence-electron chi connectivity index (χ2n) is 16.9. The molecule has 0 radical (unpaired) electrons. The van der Waals surface area contributed by atoms with Crippen molar-refractivity contribution in [1.29, 1.82) is 0 Å². The van der Waals surface area contributed by atoms with Crippen molar-refractivity contribution in [2.24, 2.45) is 0 Å². The average molecular weight is 832 g/mol. The maximum Gasteiger partial charge on any atom is 0.0562 e. The molecule has 0 aliphatic carbocycles. The normalized spacial score (nSPS) is 12.1. The highest BCUT2D eigenvalue weighted by Gasteiger charge is 2.20. The molecule has 0 fully saturated rings. The van der Waals surface area contributed by atoms with Gasteiger partial charge in [0.05, 0.1) is 38.8 Å². The number of thiophene rings is 1. The molecular formula is C60H37N3S. The average Bonchev–Trinajstić information content (AvgIpc) is 4.10. The summed E-state index contributed by atoms with van der Waals surface area (Å²) in [4.78, 5) is 0. The lowest BCUT2D eigenvalue weighted by Crippen LogP contribution is -1.98. The van der Waals surface area contributed by atoms with E-state index in [-0.39, 0.29) is 0 Å². The standard InChI is InChI=1S/C60H37N3S/c1-2-14-38(15-3-1)39-16-12-17-40(34-39)41-28-31-49-59(35-41)64-58-27-13-26-56(60(49)58)63-54-25-11-6-20-46(54)48-32-29-43(37-57(48)63)62-53-24-10-7-21-47(53)50-36-42(30-33-55(50)62)61-51-22-8-4-18-44(51)45-19-5-9-23-52(45)61/h1-37H. The monoisotopic (exact) mass is 831 g/mol. The summed E-state index contributed by atoms with van der Waals surface area (Å²) in [7, 11) is 0. The van der Waals surface area contributed by atoms with Gasteiger partial charge in [-0.15, -0.1) is 11.3 Å². The van der Waals surface area contributed by atoms with Gasteiger partial charge >= 0.3 is 0 Å². The molecule has 298 valence electrons. The van der Waals surface area contributed by atoms with Crippen LogP contribution in [0.5, 0.6) is 0 Å². The van der Waals surface area contributed by atoms with E-state index < -0.39 is 0 Å². The molecule has 3 nitrogen and oxygen atoms in total. The Balaban J connectivity index is 0.956. The van der Waals surface area contributed by atoms with Gasteiger partial charge in [0.25, 0.3) is 0 Å². The molecule has 0 spiro atoms. The number of fused-ring (bicyclic) bond motifs is 12. The minimum Gasteiger partial charge on any atom is -0.309 e. The maximum atomic E-state index is 2.51. The molecule has 0 aliphatic rings. The third-order valence-corrected chi connectivity index (χ3v) is 14.5. The van der Waals surface area contributed by atoms with Gasteiger partial charge in [0.2, 0.25) is 0 Å². The Bertz CT molecular complexity index is 4140. The molecule has 4 heterocycles. The molecule has 64 heavy (non-hydrogen) atoms. The fourth-order valence-corrected chi connectivity index (χ4v) is 11.8. The van der Waals surface area contributed by atoms with Crippen molar-refractivity contribution in [2.75, 3.05) is 0 Å². The molecule has 14 aromatic rings. The molecule has 0 unspecified atom stereocenters. The Morgan fingerprint density at radius 1 is 0.250 bits per heavy atom. The Kier molecular flexibility index (Phi) is 7.56. The van der Waals surface area contributed by atoms with Crippen LogP contribution >= 0.6 is 11.3 Å². The van der Waals surface area contributed by atoms with Crippen LogP contribution in [0.15, 0.2) is 224 Å². The lowest BCUT2D eigenvalue weighted by Gasteiger charge is -2.13. The highest BCUT2D eigenvalue weighted by molar-refractivity contribution is 7.26. The van der Waals surface area contributed by atoms with E-state index in [1.54, 1.807) is 0 Å². The highest BCUT2D eigenvalue weighted by atomic mass is 32.1. The first kappa shape index (κ1) is 35.4. The Morgan fingerprint density at radius 2 is 0.734 bits per heavy atom. The van der Waals surface area contributed by atoms with E-state index in [0.717, 1.165) is 11.4 Å². The number of hydrogen-bond donors (Lipinski definition) is 0. The summed E-state index contributed by atoms with van der Waals surface area (Å²) >= 11 is 1.88. The van der Waals surface area contributed by atoms with Crippen LogP contribution in [0.3, 0.4) is 0 Å². The van der Waals surface area contributed by atoms with Gasteiger partial charge in [-0.25, -0.2) is 0 Å². The lowest BCUT2D eigenvalue weighted by molar-refractivity contribution is 1.16. The van der Waals surface area contributed by atoms with Crippen LogP contribution in [0, 0.1) is 0 Å². The van der Waals surface area contributed by atoms with Crippen LogP contribution in [-0.2, 0) is 0 Å². The van der Waals surface area contributed by atoms with Gasteiger partial charge < -0.3 is 13.7 Å². The second kappa shape index (κ2) is 13.7. The van der Waals surface area contributed by atoms with Crippen LogP contribution < -0.4 is 0 Å². The second-order valence-corrected chi connectivity index (χ2v) is 18.0. The molecule has 0 saturated carbocycles. The number of rotatable bonds is 5. The molecular weight excluding hydrogens is 795 g/mol. The van der Waals surface area contributed by atoms with Gasteiger partial charge in [0.1, 0.15) is 0 Å². The van der Waals surface area contributed by atoms with Gasteiger partial charge in [0, 0.05) is 63.9 Å². The molecule has 0 saturated heterocycles. The first-order valence-corrected chi connectivity index (χ1v) is 22.7. The van der Waals surface area contributed by atoms with Crippen molar-refractivity contribution in [2.45, 2.75) is 0 Å². The summed E-state index contributed by atoms with van der Waals surface area (Å²) in [6.07, 6.45) is 0. The first-order valence-electron chi connectivity index (χ1n) is 21.9. The van der Waals surface area contributed by atoms with Gasteiger partial charge in [-0.05, 0) is 101 Å². The minimum atomic E-state index is 1.14. The molecule has 0 amide bonds. The quantitative estimate of drug-likeness (QED) is 0.164. The third kappa shape index (κ3) is 5.15. The highest BCUT2D eigenvalue weighted by Crippen LogP contribution is 2.44. The van der Waals surface area contributed by atoms with Crippen LogP contribution in [0.2, 0.25) is 0 Å². The molecule has 4 aromatic heterocycles. The van der Waals surface area contributed by atoms with Crippen molar-refractivity contribution in [3.8, 4) is 39.3 Å². The summed E-state index contributed by atoms with van der Waals surface area (Å²) in [5.74, 6) is 0. The Hall–Kier alpha value is -8.18. The minimum absolute atomic E-state index is 1.14. The molecule has 10 aromatic carbocycles. The molecule has 14 rings (SSSR count). The number of nitrogens with zero attached hydrogens (tertiary/aromatic N) is 3. The van der Waals surface area contributed by atoms with Crippen LogP contribution in [0.1, 0.15) is 0 Å². The van der Waals surface area contributed by atoms with E-state index in [1.165, 1.54) is 114 Å². The summed E-state index contributed by atoms with van der Waals surface area (Å²) in [5.41, 5.74) is 15.6. The number of para-hydroxylation sites is 4. The lowest BCUT2D eigenvalue weighted by atomic mass is 9.98. The van der Waals surface area contributed by atoms with Gasteiger partial charge in [-0.1, -0.05) is 146 Å². The van der Waals surface area contributed by atoms with E-state index in [4.69, 9.17) is 0 Å². The first-order chi connectivity index (χ1) is 31.7. The number of hydrogen-bond acceptors (Lipinski definition) is 1. The predicted octanol–water partition coefficient (Wildman–Crippen LogP) is 16.7. The van der Waals surface area contributed by atoms with Crippen molar-refractivity contribution in [3.63, 3.8) is 0 Å². The van der Waals surface area contributed by atoms with Crippen molar-refractivity contribution in [1.82, 2.24) is 13.7 Å². The zero-order valence-corrected chi connectivity index (χ0v) is 35.4. The Morgan fingerprint density at radius 3 is 1.42 bits per heavy atom. The van der Waals surface area contributed by atoms with E-state index in [0.29, 0.717) is 0 Å². The van der Waals surface area contributed by atoms with E-state index >= 15 is 0 Å². The molecule has 0 atom stereocenters. The number of benzene rings is 10. The zero-order chi connectivity index (χ0) is 41.9. The summed E-state index contributed by atoms with van der Waals surface area (Å²) in [5, 5.41) is 10.1. The van der Waals surface area contributed by atoms with Crippen LogP contribution in [-0.4, -0.2) is 13.7 Å². The summed E-state index contributed by atoms with van der Waals surface area (Å²) in [6.45, 7) is 0. The summed E-state index contributed by atoms with van der Waals surface area (Å²) < 4.78 is 9.95. The van der Waals surface area contributed by atoms with Gasteiger partial charge in [-0.2, -0.15) is 0 Å². The van der Waals surface area contributed by atoms with Crippen molar-refractivity contribution < 1.29 is 0 Å². The molecule has 0 aliphatic heterocycles. The fourth-order valence-electron chi connectivity index (χ4n) is 10.6. The molecule has 0 bridgehead atoms. The van der Waals surface area contributed by atoms with E-state index in [1.807, 2.05) is 11.3 Å². The predicted molar refractivity (Wildman–Crippen MR) is 273 cm³/mol. The smallest absolute Gasteiger partial charge is 0.0562 e. The number of aromatic nitrogens is 3. The zero-order valence-electron chi connectivity index (χ0n) is 34.6. The molecule has 0 N–H and O–H groups in total. The largest absolute Gasteiger partial charge is 0.309 e. The Labute approximate surface area is 372 Å². The van der Waals surface area contributed by atoms with Gasteiger partial charge in [-0.3, -0.25) is 0 Å². The van der Waals surface area contributed by atoms with E-state index in [9.17, 15) is 0 Å². The third-order valence-electron chi connectivity index (χ3n) is 13.4. The van der Waals surface area contributed by atoms with Gasteiger partial charge in [0.15, 0.2) is 0 Å². The van der Waals surface area contributed by atoms with Crippen LogP contribution in [0.25, 0.3) is 125 Å². The van der Waals surface area contributed by atoms with E-state index in [2.05, 4.69) is 238 Å². The maximum absolute atomic E-state index is 2.51. The van der Waals surface area contributed by atoms with Crippen LogP contribution in [0.4, 0.5) is 0 Å². The van der Waals surface area contributed by atoms with Crippen molar-refractivity contribution in [3.05, 3.63) is 224 Å². The van der Waals surface area contributed by atoms with Crippen molar-refractivity contribution >= 4 is 96.9 Å².